The van der Waals surface area contributed by atoms with Gasteiger partial charge in [0.2, 0.25) is 0 Å². The molecule has 0 radical (unpaired) electrons. The van der Waals surface area contributed by atoms with Crippen molar-refractivity contribution in [1.82, 2.24) is 19.9 Å². The molecule has 1 aromatic carbocycles. The number of anilines is 1. The van der Waals surface area contributed by atoms with Crippen LogP contribution in [0.2, 0.25) is 0 Å². The summed E-state index contributed by atoms with van der Waals surface area (Å²) in [5, 5.41) is 4.16. The molecule has 0 bridgehead atoms. The van der Waals surface area contributed by atoms with Gasteiger partial charge in [-0.3, -0.25) is 0 Å². The van der Waals surface area contributed by atoms with Crippen molar-refractivity contribution in [3.8, 4) is 0 Å². The molecule has 0 fully saturated rings. The summed E-state index contributed by atoms with van der Waals surface area (Å²) in [6.45, 7) is 5.02. The summed E-state index contributed by atoms with van der Waals surface area (Å²) in [6.07, 6.45) is 2.27. The highest BCUT2D eigenvalue weighted by molar-refractivity contribution is 7.98. The van der Waals surface area contributed by atoms with Crippen LogP contribution in [-0.2, 0) is 5.75 Å². The maximum absolute atomic E-state index is 4.67. The zero-order valence-electron chi connectivity index (χ0n) is 13.5. The molecule has 23 heavy (non-hydrogen) atoms. The molecule has 0 aliphatic rings. The van der Waals surface area contributed by atoms with Gasteiger partial charge in [0.25, 0.3) is 0 Å². The maximum atomic E-state index is 4.67. The Morgan fingerprint density at radius 2 is 1.96 bits per heavy atom. The van der Waals surface area contributed by atoms with E-state index in [1.165, 1.54) is 5.56 Å². The van der Waals surface area contributed by atoms with E-state index in [-0.39, 0.29) is 0 Å². The minimum Gasteiger partial charge on any atom is -0.368 e. The number of fused-ring (bicyclic) bond motifs is 1. The lowest BCUT2D eigenvalue weighted by Gasteiger charge is -2.07. The summed E-state index contributed by atoms with van der Waals surface area (Å²) < 4.78 is 0. The summed E-state index contributed by atoms with van der Waals surface area (Å²) in [6, 6.07) is 10.4. The fourth-order valence-corrected chi connectivity index (χ4v) is 3.09. The van der Waals surface area contributed by atoms with Crippen molar-refractivity contribution < 1.29 is 0 Å². The standard InChI is InChI=1S/C17H21N5S/c1-3-4-10-18-15-14-16(20-12(2)19-14)22-17(21-15)23-11-13-8-6-5-7-9-13/h5-9H,3-4,10-11H2,1-2H3,(H2,18,19,20,21,22). The molecule has 5 nitrogen and oxygen atoms in total. The van der Waals surface area contributed by atoms with Crippen LogP contribution in [0.3, 0.4) is 0 Å². The molecule has 0 aliphatic carbocycles. The van der Waals surface area contributed by atoms with E-state index in [1.807, 2.05) is 13.0 Å². The number of H-pyrrole nitrogens is 1. The van der Waals surface area contributed by atoms with Gasteiger partial charge < -0.3 is 10.3 Å². The summed E-state index contributed by atoms with van der Waals surface area (Å²) in [4.78, 5) is 16.9. The Hall–Kier alpha value is -2.08. The van der Waals surface area contributed by atoms with E-state index >= 15 is 0 Å². The van der Waals surface area contributed by atoms with E-state index in [4.69, 9.17) is 0 Å². The van der Waals surface area contributed by atoms with Crippen LogP contribution >= 0.6 is 11.8 Å². The van der Waals surface area contributed by atoms with Gasteiger partial charge in [-0.2, -0.15) is 0 Å². The molecule has 2 heterocycles. The van der Waals surface area contributed by atoms with Crippen molar-refractivity contribution in [2.75, 3.05) is 11.9 Å². The Labute approximate surface area is 140 Å². The molecule has 0 atom stereocenters. The quantitative estimate of drug-likeness (QED) is 0.387. The Morgan fingerprint density at radius 1 is 1.13 bits per heavy atom. The lowest BCUT2D eigenvalue weighted by atomic mass is 10.2. The number of nitrogens with one attached hydrogen (secondary N) is 2. The van der Waals surface area contributed by atoms with Crippen LogP contribution in [0.15, 0.2) is 35.5 Å². The number of hydrogen-bond acceptors (Lipinski definition) is 5. The molecule has 3 rings (SSSR count). The van der Waals surface area contributed by atoms with E-state index < -0.39 is 0 Å². The normalized spacial score (nSPS) is 11.0. The van der Waals surface area contributed by atoms with Gasteiger partial charge in [0.15, 0.2) is 16.6 Å². The van der Waals surface area contributed by atoms with Crippen molar-refractivity contribution in [3.63, 3.8) is 0 Å². The predicted octanol–water partition coefficient (Wildman–Crippen LogP) is 4.17. The number of benzene rings is 1. The first kappa shape index (κ1) is 15.8. The van der Waals surface area contributed by atoms with Gasteiger partial charge in [-0.1, -0.05) is 55.4 Å². The van der Waals surface area contributed by atoms with Crippen molar-refractivity contribution in [1.29, 1.82) is 0 Å². The third-order valence-electron chi connectivity index (χ3n) is 3.48. The van der Waals surface area contributed by atoms with Crippen LogP contribution in [0.5, 0.6) is 0 Å². The number of thioether (sulfide) groups is 1. The lowest BCUT2D eigenvalue weighted by Crippen LogP contribution is -2.05. The summed E-state index contributed by atoms with van der Waals surface area (Å²) >= 11 is 1.63. The van der Waals surface area contributed by atoms with Crippen LogP contribution in [0.25, 0.3) is 11.2 Å². The first-order valence-corrected chi connectivity index (χ1v) is 8.89. The number of hydrogen-bond donors (Lipinski definition) is 2. The first-order chi connectivity index (χ1) is 11.3. The summed E-state index contributed by atoms with van der Waals surface area (Å²) in [5.74, 6) is 2.56. The topological polar surface area (TPSA) is 66.5 Å². The number of imidazole rings is 1. The monoisotopic (exact) mass is 327 g/mol. The van der Waals surface area contributed by atoms with E-state index in [2.05, 4.69) is 56.4 Å². The lowest BCUT2D eigenvalue weighted by molar-refractivity contribution is 0.828. The van der Waals surface area contributed by atoms with Crippen LogP contribution in [0, 0.1) is 6.92 Å². The molecule has 0 aliphatic heterocycles. The van der Waals surface area contributed by atoms with Crippen LogP contribution in [-0.4, -0.2) is 26.5 Å². The first-order valence-electron chi connectivity index (χ1n) is 7.91. The van der Waals surface area contributed by atoms with Crippen molar-refractivity contribution in [2.24, 2.45) is 0 Å². The largest absolute Gasteiger partial charge is 0.368 e. The maximum Gasteiger partial charge on any atom is 0.192 e. The Bertz CT molecular complexity index is 769. The average molecular weight is 327 g/mol. The van der Waals surface area contributed by atoms with Crippen LogP contribution in [0.1, 0.15) is 31.2 Å². The third kappa shape index (κ3) is 4.01. The SMILES string of the molecule is CCCCNc1nc(SCc2ccccc2)nc2nc(C)[nH]c12. The van der Waals surface area contributed by atoms with E-state index in [9.17, 15) is 0 Å². The molecule has 3 aromatic rings. The number of nitrogens with zero attached hydrogens (tertiary/aromatic N) is 3. The third-order valence-corrected chi connectivity index (χ3v) is 4.40. The van der Waals surface area contributed by atoms with Crippen LogP contribution in [0.4, 0.5) is 5.82 Å². The average Bonchev–Trinajstić information content (AvgIpc) is 2.94. The zero-order valence-corrected chi connectivity index (χ0v) is 14.3. The highest BCUT2D eigenvalue weighted by atomic mass is 32.2. The minimum atomic E-state index is 0.729. The minimum absolute atomic E-state index is 0.729. The Morgan fingerprint density at radius 3 is 2.74 bits per heavy atom. The highest BCUT2D eigenvalue weighted by Gasteiger charge is 2.11. The molecular weight excluding hydrogens is 306 g/mol. The van der Waals surface area contributed by atoms with E-state index in [0.29, 0.717) is 0 Å². The number of aromatic nitrogens is 4. The highest BCUT2D eigenvalue weighted by Crippen LogP contribution is 2.25. The molecule has 6 heteroatoms. The zero-order chi connectivity index (χ0) is 16.1. The second-order valence-corrected chi connectivity index (χ2v) is 6.37. The van der Waals surface area contributed by atoms with Crippen LogP contribution < -0.4 is 5.32 Å². The molecule has 0 saturated heterocycles. The van der Waals surface area contributed by atoms with E-state index in [1.54, 1.807) is 11.8 Å². The fourth-order valence-electron chi connectivity index (χ4n) is 2.29. The molecule has 0 spiro atoms. The summed E-state index contributed by atoms with van der Waals surface area (Å²) in [7, 11) is 0. The number of rotatable bonds is 7. The number of aromatic amines is 1. The molecule has 0 saturated carbocycles. The van der Waals surface area contributed by atoms with Gasteiger partial charge in [0.05, 0.1) is 0 Å². The van der Waals surface area contributed by atoms with Crippen molar-refractivity contribution in [3.05, 3.63) is 41.7 Å². The Balaban J connectivity index is 1.82. The van der Waals surface area contributed by atoms with Gasteiger partial charge in [0.1, 0.15) is 11.3 Å². The van der Waals surface area contributed by atoms with Crippen molar-refractivity contribution in [2.45, 2.75) is 37.6 Å². The second kappa shape index (κ2) is 7.46. The Kier molecular flexibility index (Phi) is 5.12. The van der Waals surface area contributed by atoms with E-state index in [0.717, 1.165) is 53.1 Å². The molecular formula is C17H21N5S. The molecule has 2 aromatic heterocycles. The molecule has 120 valence electrons. The fraction of sp³-hybridized carbons (Fsp3) is 0.353. The number of aryl methyl sites for hydroxylation is 1. The van der Waals surface area contributed by atoms with Gasteiger partial charge in [-0.25, -0.2) is 15.0 Å². The molecule has 0 amide bonds. The van der Waals surface area contributed by atoms with Gasteiger partial charge >= 0.3 is 0 Å². The molecule has 2 N–H and O–H groups in total. The molecule has 0 unspecified atom stereocenters. The van der Waals surface area contributed by atoms with Gasteiger partial charge in [0, 0.05) is 12.3 Å². The predicted molar refractivity (Wildman–Crippen MR) is 95.8 cm³/mol. The van der Waals surface area contributed by atoms with Gasteiger partial charge in [-0.05, 0) is 18.9 Å². The van der Waals surface area contributed by atoms with Crippen molar-refractivity contribution >= 4 is 28.7 Å². The summed E-state index contributed by atoms with van der Waals surface area (Å²) in [5.41, 5.74) is 2.88. The number of unbranched alkanes of at least 4 members (excludes halogenated alkanes) is 1. The second-order valence-electron chi connectivity index (χ2n) is 5.43. The smallest absolute Gasteiger partial charge is 0.192 e. The van der Waals surface area contributed by atoms with Gasteiger partial charge in [-0.15, -0.1) is 0 Å².